The largest absolute Gasteiger partial charge is 0.368 e. The third-order valence-corrected chi connectivity index (χ3v) is 4.11. The van der Waals surface area contributed by atoms with E-state index in [1.165, 1.54) is 5.69 Å². The van der Waals surface area contributed by atoms with Crippen LogP contribution in [0.1, 0.15) is 26.7 Å². The molecule has 0 radical (unpaired) electrons. The molecule has 0 saturated carbocycles. The van der Waals surface area contributed by atoms with Gasteiger partial charge in [-0.05, 0) is 24.5 Å². The van der Waals surface area contributed by atoms with Crippen LogP contribution in [-0.4, -0.2) is 49.4 Å². The highest BCUT2D eigenvalue weighted by molar-refractivity contribution is 5.96. The van der Waals surface area contributed by atoms with E-state index in [1.54, 1.807) is 4.90 Å². The molecule has 1 fully saturated rings. The van der Waals surface area contributed by atoms with Crippen molar-refractivity contribution >= 4 is 17.5 Å². The van der Waals surface area contributed by atoms with E-state index in [-0.39, 0.29) is 18.2 Å². The molecule has 126 valence electrons. The van der Waals surface area contributed by atoms with Crippen molar-refractivity contribution < 1.29 is 9.59 Å². The fourth-order valence-corrected chi connectivity index (χ4v) is 2.66. The van der Waals surface area contributed by atoms with E-state index in [4.69, 9.17) is 0 Å². The van der Waals surface area contributed by atoms with Crippen LogP contribution in [-0.2, 0) is 9.59 Å². The lowest BCUT2D eigenvalue weighted by Gasteiger charge is -2.36. The van der Waals surface area contributed by atoms with Crippen LogP contribution in [0.5, 0.6) is 0 Å². The Kier molecular flexibility index (Phi) is 6.44. The number of benzene rings is 1. The van der Waals surface area contributed by atoms with Crippen LogP contribution in [0, 0.1) is 5.92 Å². The summed E-state index contributed by atoms with van der Waals surface area (Å²) >= 11 is 0. The molecule has 1 heterocycles. The lowest BCUT2D eigenvalue weighted by Crippen LogP contribution is -2.49. The van der Waals surface area contributed by atoms with E-state index in [1.807, 2.05) is 18.2 Å². The van der Waals surface area contributed by atoms with Crippen molar-refractivity contribution in [2.45, 2.75) is 26.7 Å². The van der Waals surface area contributed by atoms with Gasteiger partial charge in [-0.15, -0.1) is 0 Å². The summed E-state index contributed by atoms with van der Waals surface area (Å²) in [6.45, 7) is 7.84. The number of piperazine rings is 1. The Balaban J connectivity index is 1.72. The highest BCUT2D eigenvalue weighted by Gasteiger charge is 2.22. The molecule has 1 aliphatic heterocycles. The number of amides is 2. The van der Waals surface area contributed by atoms with Gasteiger partial charge in [0.25, 0.3) is 0 Å². The average Bonchev–Trinajstić information content (AvgIpc) is 2.55. The molecule has 1 saturated heterocycles. The van der Waals surface area contributed by atoms with Crippen LogP contribution in [0.15, 0.2) is 30.3 Å². The van der Waals surface area contributed by atoms with Gasteiger partial charge in [0.15, 0.2) is 0 Å². The predicted octanol–water partition coefficient (Wildman–Crippen LogP) is 1.89. The summed E-state index contributed by atoms with van der Waals surface area (Å²) < 4.78 is 0. The first-order chi connectivity index (χ1) is 11.1. The minimum absolute atomic E-state index is 0.0383. The first-order valence-corrected chi connectivity index (χ1v) is 8.40. The van der Waals surface area contributed by atoms with Crippen LogP contribution in [0.3, 0.4) is 0 Å². The summed E-state index contributed by atoms with van der Waals surface area (Å²) in [5, 5.41) is 2.82. The Labute approximate surface area is 138 Å². The Hall–Kier alpha value is -2.04. The highest BCUT2D eigenvalue weighted by atomic mass is 16.2. The Morgan fingerprint density at radius 3 is 2.35 bits per heavy atom. The van der Waals surface area contributed by atoms with Crippen molar-refractivity contribution in [3.63, 3.8) is 0 Å². The van der Waals surface area contributed by atoms with E-state index < -0.39 is 0 Å². The summed E-state index contributed by atoms with van der Waals surface area (Å²) in [5.41, 5.74) is 1.19. The monoisotopic (exact) mass is 317 g/mol. The van der Waals surface area contributed by atoms with Gasteiger partial charge in [-0.2, -0.15) is 0 Å². The normalized spacial score (nSPS) is 14.9. The molecule has 23 heavy (non-hydrogen) atoms. The van der Waals surface area contributed by atoms with Gasteiger partial charge in [0.05, 0.1) is 0 Å². The summed E-state index contributed by atoms with van der Waals surface area (Å²) in [6, 6.07) is 10.2. The lowest BCUT2D eigenvalue weighted by atomic mass is 10.1. The van der Waals surface area contributed by atoms with E-state index >= 15 is 0 Å². The number of rotatable bonds is 6. The second-order valence-electron chi connectivity index (χ2n) is 6.41. The summed E-state index contributed by atoms with van der Waals surface area (Å²) in [6.07, 6.45) is 0.902. The smallest absolute Gasteiger partial charge is 0.232 e. The second-order valence-corrected chi connectivity index (χ2v) is 6.41. The van der Waals surface area contributed by atoms with Crippen molar-refractivity contribution in [2.75, 3.05) is 37.6 Å². The molecular weight excluding hydrogens is 290 g/mol. The van der Waals surface area contributed by atoms with Crippen LogP contribution >= 0.6 is 0 Å². The zero-order valence-corrected chi connectivity index (χ0v) is 14.1. The van der Waals surface area contributed by atoms with Crippen molar-refractivity contribution in [3.05, 3.63) is 30.3 Å². The molecule has 1 aromatic carbocycles. The number of carbonyl (C=O) groups is 2. The molecule has 5 heteroatoms. The highest BCUT2D eigenvalue weighted by Crippen LogP contribution is 2.15. The molecule has 0 atom stereocenters. The molecule has 0 unspecified atom stereocenters. The molecule has 0 bridgehead atoms. The number of hydrogen-bond donors (Lipinski definition) is 1. The molecule has 1 aliphatic rings. The molecule has 0 aromatic heterocycles. The predicted molar refractivity (Wildman–Crippen MR) is 92.3 cm³/mol. The van der Waals surface area contributed by atoms with E-state index in [0.29, 0.717) is 25.6 Å². The molecule has 0 spiro atoms. The Morgan fingerprint density at radius 2 is 1.74 bits per heavy atom. The number of nitrogens with one attached hydrogen (secondary N) is 1. The number of anilines is 1. The number of para-hydroxylation sites is 1. The first kappa shape index (κ1) is 17.3. The van der Waals surface area contributed by atoms with Crippen molar-refractivity contribution in [1.29, 1.82) is 0 Å². The van der Waals surface area contributed by atoms with Crippen molar-refractivity contribution in [1.82, 2.24) is 10.2 Å². The number of nitrogens with zero attached hydrogens (tertiary/aromatic N) is 2. The SMILES string of the molecule is CC(C)CCNC(=O)CC(=O)N1CCN(c2ccccc2)CC1. The topological polar surface area (TPSA) is 52.7 Å². The lowest BCUT2D eigenvalue weighted by molar-refractivity contribution is -0.136. The molecule has 1 aromatic rings. The van der Waals surface area contributed by atoms with Gasteiger partial charge >= 0.3 is 0 Å². The maximum Gasteiger partial charge on any atom is 0.232 e. The minimum atomic E-state index is -0.166. The first-order valence-electron chi connectivity index (χ1n) is 8.40. The molecule has 0 aliphatic carbocycles. The standard InChI is InChI=1S/C18H27N3O2/c1-15(2)8-9-19-17(22)14-18(23)21-12-10-20(11-13-21)16-6-4-3-5-7-16/h3-7,15H,8-14H2,1-2H3,(H,19,22). The van der Waals surface area contributed by atoms with E-state index in [2.05, 4.69) is 36.2 Å². The molecule has 5 nitrogen and oxygen atoms in total. The minimum Gasteiger partial charge on any atom is -0.368 e. The van der Waals surface area contributed by atoms with Gasteiger partial charge in [-0.3, -0.25) is 9.59 Å². The molecule has 2 rings (SSSR count). The van der Waals surface area contributed by atoms with Gasteiger partial charge in [-0.25, -0.2) is 0 Å². The summed E-state index contributed by atoms with van der Waals surface area (Å²) in [4.78, 5) is 28.1. The fraction of sp³-hybridized carbons (Fsp3) is 0.556. The van der Waals surface area contributed by atoms with Gasteiger partial charge < -0.3 is 15.1 Å². The Morgan fingerprint density at radius 1 is 1.09 bits per heavy atom. The zero-order chi connectivity index (χ0) is 16.7. The second kappa shape index (κ2) is 8.56. The van der Waals surface area contributed by atoms with Gasteiger partial charge in [-0.1, -0.05) is 32.0 Å². The number of hydrogen-bond acceptors (Lipinski definition) is 3. The van der Waals surface area contributed by atoms with Crippen molar-refractivity contribution in [2.24, 2.45) is 5.92 Å². The van der Waals surface area contributed by atoms with Crippen LogP contribution in [0.4, 0.5) is 5.69 Å². The van der Waals surface area contributed by atoms with Gasteiger partial charge in [0, 0.05) is 38.4 Å². The van der Waals surface area contributed by atoms with E-state index in [9.17, 15) is 9.59 Å². The van der Waals surface area contributed by atoms with Crippen LogP contribution < -0.4 is 10.2 Å². The van der Waals surface area contributed by atoms with Crippen molar-refractivity contribution in [3.8, 4) is 0 Å². The van der Waals surface area contributed by atoms with Crippen LogP contribution in [0.2, 0.25) is 0 Å². The molecule has 2 amide bonds. The Bertz CT molecular complexity index is 508. The fourth-order valence-electron chi connectivity index (χ4n) is 2.66. The maximum atomic E-state index is 12.2. The zero-order valence-electron chi connectivity index (χ0n) is 14.1. The van der Waals surface area contributed by atoms with Gasteiger partial charge in [0.2, 0.25) is 11.8 Å². The van der Waals surface area contributed by atoms with Gasteiger partial charge in [0.1, 0.15) is 6.42 Å². The third-order valence-electron chi connectivity index (χ3n) is 4.11. The third kappa shape index (κ3) is 5.58. The van der Waals surface area contributed by atoms with E-state index in [0.717, 1.165) is 19.5 Å². The molecular formula is C18H27N3O2. The van der Waals surface area contributed by atoms with Crippen LogP contribution in [0.25, 0.3) is 0 Å². The summed E-state index contributed by atoms with van der Waals surface area (Å²) in [7, 11) is 0. The average molecular weight is 317 g/mol. The summed E-state index contributed by atoms with van der Waals surface area (Å²) in [5.74, 6) is 0.318. The number of carbonyl (C=O) groups excluding carboxylic acids is 2. The molecule has 1 N–H and O–H groups in total. The quantitative estimate of drug-likeness (QED) is 0.815. The maximum absolute atomic E-state index is 12.2.